The molecule has 1 aliphatic rings. The van der Waals surface area contributed by atoms with Crippen LogP contribution in [0.25, 0.3) is 0 Å². The summed E-state index contributed by atoms with van der Waals surface area (Å²) in [5, 5.41) is 13.8. The largest absolute Gasteiger partial charge is 0.504 e. The summed E-state index contributed by atoms with van der Waals surface area (Å²) >= 11 is 0. The number of anilines is 1. The molecule has 2 N–H and O–H groups in total. The quantitative estimate of drug-likeness (QED) is 0.518. The highest BCUT2D eigenvalue weighted by molar-refractivity contribution is 5.86. The number of benzene rings is 1. The standard InChI is InChI=1S/C19H23N5O5/c1-13-10-17(22-19(21-13)24-6-8-28-9-7-24)29-12-16(25)23-20-11-14-4-3-5-15(27-2)18(14)26/h3-5,10-11,26H,6-9,12H2,1-2H3,(H,23,25)/b20-11+. The summed E-state index contributed by atoms with van der Waals surface area (Å²) in [6, 6.07) is 6.62. The number of nitrogens with zero attached hydrogens (tertiary/aromatic N) is 4. The summed E-state index contributed by atoms with van der Waals surface area (Å²) in [5.74, 6) is 0.654. The van der Waals surface area contributed by atoms with Gasteiger partial charge < -0.3 is 24.2 Å². The highest BCUT2D eigenvalue weighted by Gasteiger charge is 2.15. The number of hydrazone groups is 1. The van der Waals surface area contributed by atoms with Crippen molar-refractivity contribution in [3.63, 3.8) is 0 Å². The van der Waals surface area contributed by atoms with Gasteiger partial charge in [-0.15, -0.1) is 0 Å². The van der Waals surface area contributed by atoms with E-state index in [1.165, 1.54) is 13.3 Å². The van der Waals surface area contributed by atoms with E-state index in [0.29, 0.717) is 49.4 Å². The second-order valence-corrected chi connectivity index (χ2v) is 6.23. The van der Waals surface area contributed by atoms with Gasteiger partial charge in [0.15, 0.2) is 18.1 Å². The lowest BCUT2D eigenvalue weighted by Crippen LogP contribution is -2.37. The van der Waals surface area contributed by atoms with Crippen LogP contribution in [-0.4, -0.2) is 67.2 Å². The molecule has 1 aliphatic heterocycles. The average Bonchev–Trinajstić information content (AvgIpc) is 2.74. The van der Waals surface area contributed by atoms with Gasteiger partial charge in [-0.3, -0.25) is 4.79 Å². The number of phenolic OH excluding ortho intramolecular Hbond substituents is 1. The molecule has 0 spiro atoms. The van der Waals surface area contributed by atoms with Crippen LogP contribution < -0.4 is 19.8 Å². The minimum Gasteiger partial charge on any atom is -0.504 e. The first kappa shape index (κ1) is 20.3. The highest BCUT2D eigenvalue weighted by Crippen LogP contribution is 2.27. The Morgan fingerprint density at radius 3 is 2.93 bits per heavy atom. The lowest BCUT2D eigenvalue weighted by molar-refractivity contribution is -0.123. The van der Waals surface area contributed by atoms with E-state index >= 15 is 0 Å². The van der Waals surface area contributed by atoms with Crippen LogP contribution in [-0.2, 0) is 9.53 Å². The molecule has 1 fully saturated rings. The van der Waals surface area contributed by atoms with Gasteiger partial charge in [-0.2, -0.15) is 10.1 Å². The van der Waals surface area contributed by atoms with E-state index in [4.69, 9.17) is 14.2 Å². The molecule has 29 heavy (non-hydrogen) atoms. The summed E-state index contributed by atoms with van der Waals surface area (Å²) < 4.78 is 15.8. The zero-order valence-electron chi connectivity index (χ0n) is 16.3. The predicted octanol–water partition coefficient (Wildman–Crippen LogP) is 0.865. The van der Waals surface area contributed by atoms with Crippen molar-refractivity contribution in [1.82, 2.24) is 15.4 Å². The van der Waals surface area contributed by atoms with E-state index in [0.717, 1.165) is 5.69 Å². The van der Waals surface area contributed by atoms with Gasteiger partial charge in [-0.1, -0.05) is 6.07 Å². The topological polar surface area (TPSA) is 118 Å². The number of aromatic hydroxyl groups is 1. The summed E-state index contributed by atoms with van der Waals surface area (Å²) in [7, 11) is 1.45. The molecule has 0 atom stereocenters. The predicted molar refractivity (Wildman–Crippen MR) is 106 cm³/mol. The molecule has 3 rings (SSSR count). The molecule has 0 radical (unpaired) electrons. The second kappa shape index (κ2) is 9.69. The van der Waals surface area contributed by atoms with Crippen LogP contribution in [0.2, 0.25) is 0 Å². The van der Waals surface area contributed by atoms with E-state index in [-0.39, 0.29) is 12.4 Å². The number of hydrogen-bond donors (Lipinski definition) is 2. The number of amides is 1. The second-order valence-electron chi connectivity index (χ2n) is 6.23. The molecule has 154 valence electrons. The molecule has 1 amide bonds. The maximum Gasteiger partial charge on any atom is 0.278 e. The Morgan fingerprint density at radius 1 is 1.38 bits per heavy atom. The molecule has 2 aromatic rings. The van der Waals surface area contributed by atoms with Gasteiger partial charge >= 0.3 is 0 Å². The zero-order chi connectivity index (χ0) is 20.6. The Balaban J connectivity index is 1.55. The third kappa shape index (κ3) is 5.55. The van der Waals surface area contributed by atoms with Crippen molar-refractivity contribution in [3.05, 3.63) is 35.5 Å². The van der Waals surface area contributed by atoms with Gasteiger partial charge in [0, 0.05) is 30.4 Å². The van der Waals surface area contributed by atoms with E-state index < -0.39 is 5.91 Å². The fourth-order valence-electron chi connectivity index (χ4n) is 2.66. The summed E-state index contributed by atoms with van der Waals surface area (Å²) in [5.41, 5.74) is 3.49. The summed E-state index contributed by atoms with van der Waals surface area (Å²) in [6.45, 7) is 4.22. The number of methoxy groups -OCH3 is 1. The minimum atomic E-state index is -0.465. The van der Waals surface area contributed by atoms with Gasteiger partial charge in [-0.05, 0) is 19.1 Å². The number of rotatable bonds is 7. The maximum atomic E-state index is 12.0. The van der Waals surface area contributed by atoms with Crippen molar-refractivity contribution < 1.29 is 24.1 Å². The van der Waals surface area contributed by atoms with Crippen molar-refractivity contribution in [2.45, 2.75) is 6.92 Å². The number of para-hydroxylation sites is 1. The summed E-state index contributed by atoms with van der Waals surface area (Å²) in [4.78, 5) is 22.8. The smallest absolute Gasteiger partial charge is 0.278 e. The maximum absolute atomic E-state index is 12.0. The Kier molecular flexibility index (Phi) is 6.80. The van der Waals surface area contributed by atoms with Crippen LogP contribution in [0.5, 0.6) is 17.4 Å². The Labute approximate surface area is 168 Å². The van der Waals surface area contributed by atoms with Gasteiger partial charge in [0.05, 0.1) is 26.5 Å². The van der Waals surface area contributed by atoms with Crippen LogP contribution in [0.15, 0.2) is 29.4 Å². The van der Waals surface area contributed by atoms with E-state index in [9.17, 15) is 9.90 Å². The van der Waals surface area contributed by atoms with E-state index in [1.807, 2.05) is 11.8 Å². The fraction of sp³-hybridized carbons (Fsp3) is 0.368. The fourth-order valence-corrected chi connectivity index (χ4v) is 2.66. The van der Waals surface area contributed by atoms with Crippen molar-refractivity contribution in [1.29, 1.82) is 0 Å². The van der Waals surface area contributed by atoms with Crippen molar-refractivity contribution >= 4 is 18.1 Å². The molecule has 1 aromatic carbocycles. The highest BCUT2D eigenvalue weighted by atomic mass is 16.5. The number of hydrogen-bond acceptors (Lipinski definition) is 9. The zero-order valence-corrected chi connectivity index (χ0v) is 16.3. The van der Waals surface area contributed by atoms with Gasteiger partial charge in [0.25, 0.3) is 5.91 Å². The van der Waals surface area contributed by atoms with Crippen molar-refractivity contribution in [2.24, 2.45) is 5.10 Å². The average molecular weight is 401 g/mol. The van der Waals surface area contributed by atoms with Crippen molar-refractivity contribution in [3.8, 4) is 17.4 Å². The van der Waals surface area contributed by atoms with Crippen LogP contribution in [0.3, 0.4) is 0 Å². The molecule has 2 heterocycles. The molecule has 10 nitrogen and oxygen atoms in total. The molecule has 0 aliphatic carbocycles. The SMILES string of the molecule is COc1cccc(/C=N/NC(=O)COc2cc(C)nc(N3CCOCC3)n2)c1O. The number of carbonyl (C=O) groups excluding carboxylic acids is 1. The van der Waals surface area contributed by atoms with E-state index in [1.54, 1.807) is 24.3 Å². The Hall–Kier alpha value is -3.40. The number of morpholine rings is 1. The molecule has 1 aromatic heterocycles. The number of ether oxygens (including phenoxy) is 3. The minimum absolute atomic E-state index is 0.0589. The molecule has 10 heteroatoms. The normalized spacial score (nSPS) is 14.1. The lowest BCUT2D eigenvalue weighted by Gasteiger charge is -2.27. The summed E-state index contributed by atoms with van der Waals surface area (Å²) in [6.07, 6.45) is 1.32. The molecular formula is C19H23N5O5. The van der Waals surface area contributed by atoms with Gasteiger partial charge in [0.1, 0.15) is 0 Å². The van der Waals surface area contributed by atoms with Crippen LogP contribution in [0.4, 0.5) is 5.95 Å². The molecule has 0 unspecified atom stereocenters. The number of phenols is 1. The number of nitrogens with one attached hydrogen (secondary N) is 1. The van der Waals surface area contributed by atoms with Crippen LogP contribution >= 0.6 is 0 Å². The number of aryl methyl sites for hydroxylation is 1. The molecule has 0 saturated carbocycles. The van der Waals surface area contributed by atoms with Crippen LogP contribution in [0, 0.1) is 6.92 Å². The van der Waals surface area contributed by atoms with E-state index in [2.05, 4.69) is 20.5 Å². The first-order chi connectivity index (χ1) is 14.1. The van der Waals surface area contributed by atoms with Crippen molar-refractivity contribution in [2.75, 3.05) is 44.9 Å². The Morgan fingerprint density at radius 2 is 2.17 bits per heavy atom. The molecular weight excluding hydrogens is 378 g/mol. The monoisotopic (exact) mass is 401 g/mol. The van der Waals surface area contributed by atoms with Gasteiger partial charge in [0.2, 0.25) is 11.8 Å². The first-order valence-electron chi connectivity index (χ1n) is 9.06. The third-order valence-corrected chi connectivity index (χ3v) is 4.11. The molecule has 0 bridgehead atoms. The van der Waals surface area contributed by atoms with Crippen LogP contribution in [0.1, 0.15) is 11.3 Å². The Bertz CT molecular complexity index is 883. The van der Waals surface area contributed by atoms with Gasteiger partial charge in [-0.25, -0.2) is 10.4 Å². The molecule has 1 saturated heterocycles. The number of carbonyl (C=O) groups is 1. The number of aromatic nitrogens is 2. The first-order valence-corrected chi connectivity index (χ1v) is 9.06. The third-order valence-electron chi connectivity index (χ3n) is 4.11. The lowest BCUT2D eigenvalue weighted by atomic mass is 10.2.